The molecule has 1 N–H and O–H groups in total. The van der Waals surface area contributed by atoms with Crippen molar-refractivity contribution in [1.29, 1.82) is 0 Å². The minimum Gasteiger partial charge on any atom is -0.380 e. The van der Waals surface area contributed by atoms with Gasteiger partial charge in [0.15, 0.2) is 9.84 Å². The summed E-state index contributed by atoms with van der Waals surface area (Å²) in [6.45, 7) is 4.07. The minimum atomic E-state index is -3.18. The van der Waals surface area contributed by atoms with Gasteiger partial charge < -0.3 is 5.32 Å². The van der Waals surface area contributed by atoms with Crippen LogP contribution in [0.2, 0.25) is 0 Å². The maximum Gasteiger partial charge on any atom is 0.180 e. The van der Waals surface area contributed by atoms with Crippen LogP contribution in [0.1, 0.15) is 32.6 Å². The van der Waals surface area contributed by atoms with E-state index in [-0.39, 0.29) is 5.75 Å². The lowest BCUT2D eigenvalue weighted by Gasteiger charge is -2.18. The normalized spacial score (nSPS) is 23.4. The average Bonchev–Trinajstić information content (AvgIpc) is 3.20. The molecule has 21 heavy (non-hydrogen) atoms. The molecule has 2 fully saturated rings. The van der Waals surface area contributed by atoms with Crippen LogP contribution in [0.4, 0.5) is 5.69 Å². The molecule has 3 rings (SSSR count). The molecule has 1 heterocycles. The van der Waals surface area contributed by atoms with Crippen molar-refractivity contribution < 1.29 is 8.42 Å². The van der Waals surface area contributed by atoms with Gasteiger partial charge >= 0.3 is 0 Å². The number of likely N-dealkylation sites (tertiary alicyclic amines) is 1. The molecule has 0 bridgehead atoms. The van der Waals surface area contributed by atoms with E-state index in [0.29, 0.717) is 17.4 Å². The summed E-state index contributed by atoms with van der Waals surface area (Å²) < 4.78 is 24.7. The van der Waals surface area contributed by atoms with E-state index in [1.807, 2.05) is 19.1 Å². The average molecular weight is 308 g/mol. The molecule has 1 aromatic rings. The Bertz CT molecular complexity index is 596. The Hall–Kier alpha value is -1.07. The molecule has 116 valence electrons. The van der Waals surface area contributed by atoms with Gasteiger partial charge in [-0.2, -0.15) is 0 Å². The maximum absolute atomic E-state index is 12.4. The highest BCUT2D eigenvalue weighted by Gasteiger charge is 2.34. The highest BCUT2D eigenvalue weighted by atomic mass is 32.2. The number of rotatable bonds is 6. The number of para-hydroxylation sites is 1. The molecule has 4 nitrogen and oxygen atoms in total. The smallest absolute Gasteiger partial charge is 0.180 e. The monoisotopic (exact) mass is 308 g/mol. The molecule has 1 aliphatic carbocycles. The van der Waals surface area contributed by atoms with Gasteiger partial charge in [0, 0.05) is 25.2 Å². The summed E-state index contributed by atoms with van der Waals surface area (Å²) in [5, 5.41) is 3.47. The van der Waals surface area contributed by atoms with Crippen molar-refractivity contribution in [2.75, 3.05) is 24.2 Å². The highest BCUT2D eigenvalue weighted by Crippen LogP contribution is 2.31. The second kappa shape index (κ2) is 5.97. The Balaban J connectivity index is 1.73. The first-order valence-electron chi connectivity index (χ1n) is 7.92. The van der Waals surface area contributed by atoms with E-state index >= 15 is 0 Å². The molecule has 1 saturated heterocycles. The zero-order chi connectivity index (χ0) is 14.9. The quantitative estimate of drug-likeness (QED) is 0.877. The number of hydrogen-bond acceptors (Lipinski definition) is 4. The maximum atomic E-state index is 12.4. The molecule has 1 unspecified atom stereocenters. The third-order valence-electron chi connectivity index (χ3n) is 4.34. The van der Waals surface area contributed by atoms with Crippen LogP contribution in [-0.4, -0.2) is 44.2 Å². The number of nitrogens with one attached hydrogen (secondary N) is 1. The number of benzene rings is 1. The summed E-state index contributed by atoms with van der Waals surface area (Å²) in [5.74, 6) is 0.213. The van der Waals surface area contributed by atoms with E-state index in [4.69, 9.17) is 0 Å². The van der Waals surface area contributed by atoms with E-state index in [9.17, 15) is 8.42 Å². The van der Waals surface area contributed by atoms with Crippen LogP contribution in [0.5, 0.6) is 0 Å². The standard InChI is InChI=1S/C16H24N2O2S/c1-2-11-21(19,20)16-6-4-3-5-15(16)17-13-9-10-18(12-13)14-7-8-14/h3-6,13-14,17H,2,7-12H2,1H3. The first kappa shape index (κ1) is 14.9. The molecule has 1 atom stereocenters. The van der Waals surface area contributed by atoms with Crippen molar-refractivity contribution in [2.45, 2.75) is 49.6 Å². The lowest BCUT2D eigenvalue weighted by molar-refractivity contribution is 0.326. The fourth-order valence-electron chi connectivity index (χ4n) is 3.13. The van der Waals surface area contributed by atoms with Gasteiger partial charge in [-0.15, -0.1) is 0 Å². The van der Waals surface area contributed by atoms with Crippen LogP contribution < -0.4 is 5.32 Å². The Morgan fingerprint density at radius 2 is 2.00 bits per heavy atom. The van der Waals surface area contributed by atoms with Gasteiger partial charge in [-0.1, -0.05) is 19.1 Å². The van der Waals surface area contributed by atoms with Crippen LogP contribution in [0.15, 0.2) is 29.2 Å². The predicted octanol–water partition coefficient (Wildman–Crippen LogP) is 2.52. The van der Waals surface area contributed by atoms with Crippen molar-refractivity contribution in [1.82, 2.24) is 4.90 Å². The Morgan fingerprint density at radius 3 is 2.71 bits per heavy atom. The largest absolute Gasteiger partial charge is 0.380 e. The molecule has 5 heteroatoms. The van der Waals surface area contributed by atoms with E-state index in [1.165, 1.54) is 12.8 Å². The summed E-state index contributed by atoms with van der Waals surface area (Å²) in [4.78, 5) is 2.98. The predicted molar refractivity (Wildman–Crippen MR) is 85.4 cm³/mol. The van der Waals surface area contributed by atoms with Crippen LogP contribution in [0.25, 0.3) is 0 Å². The van der Waals surface area contributed by atoms with Gasteiger partial charge in [0.1, 0.15) is 0 Å². The van der Waals surface area contributed by atoms with Crippen molar-refractivity contribution in [3.8, 4) is 0 Å². The topological polar surface area (TPSA) is 49.4 Å². The fraction of sp³-hybridized carbons (Fsp3) is 0.625. The summed E-state index contributed by atoms with van der Waals surface area (Å²) >= 11 is 0. The van der Waals surface area contributed by atoms with E-state index in [1.54, 1.807) is 12.1 Å². The van der Waals surface area contributed by atoms with Gasteiger partial charge in [-0.25, -0.2) is 8.42 Å². The van der Waals surface area contributed by atoms with Gasteiger partial charge in [0.25, 0.3) is 0 Å². The Labute approximate surface area is 127 Å². The van der Waals surface area contributed by atoms with Crippen molar-refractivity contribution in [2.24, 2.45) is 0 Å². The van der Waals surface area contributed by atoms with Crippen LogP contribution >= 0.6 is 0 Å². The first-order chi connectivity index (χ1) is 10.1. The number of nitrogens with zero attached hydrogens (tertiary/aromatic N) is 1. The van der Waals surface area contributed by atoms with Crippen molar-refractivity contribution >= 4 is 15.5 Å². The second-order valence-electron chi connectivity index (χ2n) is 6.17. The first-order valence-corrected chi connectivity index (χ1v) is 9.58. The van der Waals surface area contributed by atoms with E-state index in [0.717, 1.165) is 31.2 Å². The van der Waals surface area contributed by atoms with Crippen LogP contribution in [-0.2, 0) is 9.84 Å². The zero-order valence-corrected chi connectivity index (χ0v) is 13.4. The van der Waals surface area contributed by atoms with Crippen LogP contribution in [0.3, 0.4) is 0 Å². The Morgan fingerprint density at radius 1 is 1.24 bits per heavy atom. The molecule has 0 amide bonds. The lowest BCUT2D eigenvalue weighted by Crippen LogP contribution is -2.28. The highest BCUT2D eigenvalue weighted by molar-refractivity contribution is 7.91. The third-order valence-corrected chi connectivity index (χ3v) is 6.31. The molecular weight excluding hydrogens is 284 g/mol. The van der Waals surface area contributed by atoms with Crippen molar-refractivity contribution in [3.05, 3.63) is 24.3 Å². The van der Waals surface area contributed by atoms with E-state index in [2.05, 4.69) is 10.2 Å². The van der Waals surface area contributed by atoms with E-state index < -0.39 is 9.84 Å². The molecule has 0 spiro atoms. The molecule has 1 aliphatic heterocycles. The van der Waals surface area contributed by atoms with Crippen LogP contribution in [0, 0.1) is 0 Å². The Kier molecular flexibility index (Phi) is 4.22. The minimum absolute atomic E-state index is 0.213. The van der Waals surface area contributed by atoms with Gasteiger partial charge in [0.2, 0.25) is 0 Å². The lowest BCUT2D eigenvalue weighted by atomic mass is 10.2. The second-order valence-corrected chi connectivity index (χ2v) is 8.25. The zero-order valence-electron chi connectivity index (χ0n) is 12.6. The summed E-state index contributed by atoms with van der Waals surface area (Å²) in [6, 6.07) is 8.47. The fourth-order valence-corrected chi connectivity index (χ4v) is 4.64. The van der Waals surface area contributed by atoms with Gasteiger partial charge in [-0.3, -0.25) is 4.90 Å². The molecular formula is C16H24N2O2S. The summed E-state index contributed by atoms with van der Waals surface area (Å²) in [7, 11) is -3.18. The summed E-state index contributed by atoms with van der Waals surface area (Å²) in [6.07, 6.45) is 4.40. The number of anilines is 1. The van der Waals surface area contributed by atoms with Gasteiger partial charge in [-0.05, 0) is 37.8 Å². The third kappa shape index (κ3) is 3.40. The number of hydrogen-bond donors (Lipinski definition) is 1. The molecule has 0 radical (unpaired) electrons. The molecule has 2 aliphatic rings. The SMILES string of the molecule is CCCS(=O)(=O)c1ccccc1NC1CCN(C2CC2)C1. The van der Waals surface area contributed by atoms with Gasteiger partial charge in [0.05, 0.1) is 16.3 Å². The summed E-state index contributed by atoms with van der Waals surface area (Å²) in [5.41, 5.74) is 0.772. The molecule has 1 saturated carbocycles. The molecule has 0 aromatic heterocycles. The molecule has 1 aromatic carbocycles. The number of sulfone groups is 1. The van der Waals surface area contributed by atoms with Crippen molar-refractivity contribution in [3.63, 3.8) is 0 Å².